The Kier molecular flexibility index (Phi) is 5.62. The van der Waals surface area contributed by atoms with Crippen LogP contribution in [0.4, 0.5) is 13.2 Å². The van der Waals surface area contributed by atoms with E-state index in [0.717, 1.165) is 5.56 Å². The summed E-state index contributed by atoms with van der Waals surface area (Å²) in [7, 11) is 0. The van der Waals surface area contributed by atoms with Crippen LogP contribution in [0.5, 0.6) is 5.75 Å². The van der Waals surface area contributed by atoms with Gasteiger partial charge in [0.15, 0.2) is 0 Å². The number of hydrogen-bond acceptors (Lipinski definition) is 3. The van der Waals surface area contributed by atoms with Crippen LogP contribution >= 0.6 is 0 Å². The smallest absolute Gasteiger partial charge is 0.406 e. The van der Waals surface area contributed by atoms with E-state index in [1.54, 1.807) is 12.1 Å². The van der Waals surface area contributed by atoms with Gasteiger partial charge in [0, 0.05) is 0 Å². The van der Waals surface area contributed by atoms with Gasteiger partial charge < -0.3 is 9.57 Å². The van der Waals surface area contributed by atoms with Gasteiger partial charge >= 0.3 is 6.36 Å². The molecule has 1 aromatic carbocycles. The van der Waals surface area contributed by atoms with Crippen LogP contribution < -0.4 is 10.2 Å². The molecule has 0 fully saturated rings. The quantitative estimate of drug-likeness (QED) is 0.802. The minimum Gasteiger partial charge on any atom is -0.406 e. The van der Waals surface area contributed by atoms with Gasteiger partial charge in [-0.3, -0.25) is 0 Å². The topological polar surface area (TPSA) is 30.5 Å². The third-order valence-corrected chi connectivity index (χ3v) is 2.29. The van der Waals surface area contributed by atoms with E-state index in [2.05, 4.69) is 10.2 Å². The van der Waals surface area contributed by atoms with Gasteiger partial charge in [0.1, 0.15) is 5.75 Å². The van der Waals surface area contributed by atoms with Crippen LogP contribution in [-0.4, -0.2) is 13.0 Å². The van der Waals surface area contributed by atoms with Gasteiger partial charge in [-0.25, -0.2) is 0 Å². The molecule has 6 heteroatoms. The first kappa shape index (κ1) is 15.8. The van der Waals surface area contributed by atoms with Crippen molar-refractivity contribution in [1.29, 1.82) is 0 Å². The molecule has 0 aliphatic rings. The molecule has 19 heavy (non-hydrogen) atoms. The van der Waals surface area contributed by atoms with Gasteiger partial charge in [0.25, 0.3) is 0 Å². The molecule has 1 aromatic rings. The molecule has 0 heterocycles. The monoisotopic (exact) mass is 277 g/mol. The van der Waals surface area contributed by atoms with E-state index in [4.69, 9.17) is 4.84 Å². The summed E-state index contributed by atoms with van der Waals surface area (Å²) in [5, 5.41) is 0. The summed E-state index contributed by atoms with van der Waals surface area (Å²) >= 11 is 0. The molecule has 108 valence electrons. The van der Waals surface area contributed by atoms with E-state index in [9.17, 15) is 13.2 Å². The molecule has 1 unspecified atom stereocenters. The van der Waals surface area contributed by atoms with Crippen LogP contribution in [0.1, 0.15) is 32.4 Å². The van der Waals surface area contributed by atoms with Crippen molar-refractivity contribution in [2.24, 2.45) is 5.92 Å². The van der Waals surface area contributed by atoms with E-state index in [1.807, 2.05) is 20.8 Å². The Labute approximate surface area is 110 Å². The molecule has 0 aliphatic heterocycles. The fraction of sp³-hybridized carbons (Fsp3) is 0.538. The molecular weight excluding hydrogens is 259 g/mol. The highest BCUT2D eigenvalue weighted by molar-refractivity contribution is 5.28. The first-order chi connectivity index (χ1) is 8.78. The standard InChI is InChI=1S/C13H18F3NO2/c1-9(2)8-18-17-10(3)11-4-6-12(7-5-11)19-13(14,15)16/h4-7,9-10,17H,8H2,1-3H3. The average Bonchev–Trinajstić information content (AvgIpc) is 2.27. The van der Waals surface area contributed by atoms with E-state index < -0.39 is 6.36 Å². The number of benzene rings is 1. The number of ether oxygens (including phenoxy) is 1. The Morgan fingerprint density at radius 2 is 1.68 bits per heavy atom. The van der Waals surface area contributed by atoms with Crippen molar-refractivity contribution in [3.8, 4) is 5.75 Å². The van der Waals surface area contributed by atoms with Crippen LogP contribution in [0.15, 0.2) is 24.3 Å². The molecule has 0 radical (unpaired) electrons. The van der Waals surface area contributed by atoms with Gasteiger partial charge in [-0.2, -0.15) is 5.48 Å². The van der Waals surface area contributed by atoms with E-state index in [-0.39, 0.29) is 11.8 Å². The summed E-state index contributed by atoms with van der Waals surface area (Å²) in [6.45, 7) is 6.48. The Bertz CT molecular complexity index is 376. The van der Waals surface area contributed by atoms with Crippen molar-refractivity contribution < 1.29 is 22.7 Å². The second kappa shape index (κ2) is 6.77. The highest BCUT2D eigenvalue weighted by atomic mass is 19.4. The van der Waals surface area contributed by atoms with Gasteiger partial charge in [0.2, 0.25) is 0 Å². The molecule has 0 amide bonds. The predicted molar refractivity (Wildman–Crippen MR) is 65.5 cm³/mol. The maximum Gasteiger partial charge on any atom is 0.573 e. The Balaban J connectivity index is 2.51. The summed E-state index contributed by atoms with van der Waals surface area (Å²) in [6.07, 6.45) is -4.66. The van der Waals surface area contributed by atoms with E-state index in [0.29, 0.717) is 12.5 Å². The second-order valence-electron chi connectivity index (χ2n) is 4.66. The zero-order valence-corrected chi connectivity index (χ0v) is 11.1. The fourth-order valence-electron chi connectivity index (χ4n) is 1.37. The lowest BCUT2D eigenvalue weighted by atomic mass is 10.1. The molecule has 1 rings (SSSR count). The van der Waals surface area contributed by atoms with Gasteiger partial charge in [-0.15, -0.1) is 13.2 Å². The zero-order chi connectivity index (χ0) is 14.5. The predicted octanol–water partition coefficient (Wildman–Crippen LogP) is 3.82. The molecule has 3 nitrogen and oxygen atoms in total. The molecule has 0 saturated carbocycles. The van der Waals surface area contributed by atoms with Crippen LogP contribution in [0.2, 0.25) is 0 Å². The fourth-order valence-corrected chi connectivity index (χ4v) is 1.37. The lowest BCUT2D eigenvalue weighted by molar-refractivity contribution is -0.274. The average molecular weight is 277 g/mol. The largest absolute Gasteiger partial charge is 0.573 e. The minimum atomic E-state index is -4.66. The van der Waals surface area contributed by atoms with Gasteiger partial charge in [-0.1, -0.05) is 26.0 Å². The molecule has 0 saturated heterocycles. The molecular formula is C13H18F3NO2. The van der Waals surface area contributed by atoms with Gasteiger partial charge in [0.05, 0.1) is 12.6 Å². The second-order valence-corrected chi connectivity index (χ2v) is 4.66. The number of hydroxylamine groups is 1. The first-order valence-electron chi connectivity index (χ1n) is 6.01. The first-order valence-corrected chi connectivity index (χ1v) is 6.01. The van der Waals surface area contributed by atoms with E-state index >= 15 is 0 Å². The lowest BCUT2D eigenvalue weighted by Crippen LogP contribution is -2.21. The number of alkyl halides is 3. The zero-order valence-electron chi connectivity index (χ0n) is 11.1. The maximum atomic E-state index is 12.0. The van der Waals surface area contributed by atoms with Crippen LogP contribution in [0.25, 0.3) is 0 Å². The number of hydrogen-bond donors (Lipinski definition) is 1. The van der Waals surface area contributed by atoms with Crippen molar-refractivity contribution in [2.45, 2.75) is 33.2 Å². The summed E-state index contributed by atoms with van der Waals surface area (Å²) in [4.78, 5) is 5.26. The van der Waals surface area contributed by atoms with Crippen molar-refractivity contribution >= 4 is 0 Å². The van der Waals surface area contributed by atoms with E-state index in [1.165, 1.54) is 12.1 Å². The van der Waals surface area contributed by atoms with Crippen molar-refractivity contribution in [3.63, 3.8) is 0 Å². The minimum absolute atomic E-state index is 0.112. The Morgan fingerprint density at radius 1 is 1.11 bits per heavy atom. The van der Waals surface area contributed by atoms with Crippen LogP contribution in [0.3, 0.4) is 0 Å². The SMILES string of the molecule is CC(C)CONC(C)c1ccc(OC(F)(F)F)cc1. The number of halogens is 3. The third-order valence-electron chi connectivity index (χ3n) is 2.29. The lowest BCUT2D eigenvalue weighted by Gasteiger charge is -2.16. The molecule has 0 aromatic heterocycles. The number of rotatable bonds is 6. The summed E-state index contributed by atoms with van der Waals surface area (Å²) in [6, 6.07) is 5.58. The van der Waals surface area contributed by atoms with Crippen molar-refractivity contribution in [3.05, 3.63) is 29.8 Å². The third kappa shape index (κ3) is 6.45. The van der Waals surface area contributed by atoms with Crippen LogP contribution in [-0.2, 0) is 4.84 Å². The summed E-state index contributed by atoms with van der Waals surface area (Å²) in [5.74, 6) is 0.175. The Hall–Kier alpha value is -1.27. The van der Waals surface area contributed by atoms with Crippen molar-refractivity contribution in [1.82, 2.24) is 5.48 Å². The van der Waals surface area contributed by atoms with Gasteiger partial charge in [-0.05, 0) is 30.5 Å². The molecule has 0 aliphatic carbocycles. The molecule has 0 bridgehead atoms. The normalized spacial score (nSPS) is 13.6. The highest BCUT2D eigenvalue weighted by Crippen LogP contribution is 2.24. The van der Waals surface area contributed by atoms with Crippen molar-refractivity contribution in [2.75, 3.05) is 6.61 Å². The summed E-state index contributed by atoms with van der Waals surface area (Å²) in [5.41, 5.74) is 3.65. The Morgan fingerprint density at radius 3 is 2.16 bits per heavy atom. The highest BCUT2D eigenvalue weighted by Gasteiger charge is 2.30. The molecule has 1 N–H and O–H groups in total. The maximum absolute atomic E-state index is 12.0. The molecule has 1 atom stereocenters. The summed E-state index contributed by atoms with van der Waals surface area (Å²) < 4.78 is 39.8. The van der Waals surface area contributed by atoms with Crippen LogP contribution in [0, 0.1) is 5.92 Å². The molecule has 0 spiro atoms. The number of nitrogens with one attached hydrogen (secondary N) is 1.